The summed E-state index contributed by atoms with van der Waals surface area (Å²) in [5.74, 6) is -0.313. The van der Waals surface area contributed by atoms with Gasteiger partial charge in [-0.25, -0.2) is 4.39 Å². The smallest absolute Gasteiger partial charge is 0.124 e. The lowest BCUT2D eigenvalue weighted by molar-refractivity contribution is 0.236. The molecule has 0 saturated heterocycles. The highest BCUT2D eigenvalue weighted by atomic mass is 35.5. The molecule has 0 unspecified atom stereocenters. The number of hydrogen-bond acceptors (Lipinski definition) is 2. The second-order valence-corrected chi connectivity index (χ2v) is 5.74. The lowest BCUT2D eigenvalue weighted by Crippen LogP contribution is -2.29. The number of halogens is 2. The number of aliphatic hydroxyl groups excluding tert-OH is 1. The van der Waals surface area contributed by atoms with E-state index in [0.29, 0.717) is 11.6 Å². The molecule has 0 amide bonds. The summed E-state index contributed by atoms with van der Waals surface area (Å²) in [6, 6.07) is 4.45. The fourth-order valence-corrected chi connectivity index (χ4v) is 2.08. The van der Waals surface area contributed by atoms with Crippen LogP contribution in [0.3, 0.4) is 0 Å². The Morgan fingerprint density at radius 1 is 1.39 bits per heavy atom. The standard InChI is InChI=1S/C14H21ClFNO/c1-14(2,6-3-7-18)10-17-9-11-4-5-12(16)8-13(11)15/h4-5,8,17-18H,3,6-7,9-10H2,1-2H3. The highest BCUT2D eigenvalue weighted by molar-refractivity contribution is 6.31. The molecule has 0 aromatic heterocycles. The Kier molecular flexibility index (Phi) is 6.06. The quantitative estimate of drug-likeness (QED) is 0.798. The van der Waals surface area contributed by atoms with Gasteiger partial charge in [0.1, 0.15) is 5.82 Å². The van der Waals surface area contributed by atoms with E-state index in [0.717, 1.165) is 24.9 Å². The van der Waals surface area contributed by atoms with Crippen LogP contribution in [0.15, 0.2) is 18.2 Å². The van der Waals surface area contributed by atoms with Crippen molar-refractivity contribution in [3.05, 3.63) is 34.6 Å². The van der Waals surface area contributed by atoms with Crippen LogP contribution >= 0.6 is 11.6 Å². The van der Waals surface area contributed by atoms with Gasteiger partial charge in [0.15, 0.2) is 0 Å². The van der Waals surface area contributed by atoms with Gasteiger partial charge < -0.3 is 10.4 Å². The molecule has 1 aromatic carbocycles. The molecule has 0 saturated carbocycles. The van der Waals surface area contributed by atoms with Crippen molar-refractivity contribution in [3.63, 3.8) is 0 Å². The van der Waals surface area contributed by atoms with E-state index in [1.807, 2.05) is 0 Å². The van der Waals surface area contributed by atoms with Gasteiger partial charge in [-0.05, 0) is 36.0 Å². The van der Waals surface area contributed by atoms with Gasteiger partial charge in [0.05, 0.1) is 0 Å². The third-order valence-corrected chi connectivity index (χ3v) is 3.30. The monoisotopic (exact) mass is 273 g/mol. The molecule has 1 rings (SSSR count). The summed E-state index contributed by atoms with van der Waals surface area (Å²) in [4.78, 5) is 0. The van der Waals surface area contributed by atoms with Crippen LogP contribution in [0, 0.1) is 11.2 Å². The Morgan fingerprint density at radius 3 is 2.72 bits per heavy atom. The maximum absolute atomic E-state index is 12.9. The number of aliphatic hydroxyl groups is 1. The lowest BCUT2D eigenvalue weighted by atomic mass is 9.88. The van der Waals surface area contributed by atoms with Crippen molar-refractivity contribution in [2.75, 3.05) is 13.2 Å². The molecule has 0 aliphatic rings. The fraction of sp³-hybridized carbons (Fsp3) is 0.571. The molecule has 0 heterocycles. The third-order valence-electron chi connectivity index (χ3n) is 2.95. The normalized spacial score (nSPS) is 11.8. The highest BCUT2D eigenvalue weighted by Gasteiger charge is 2.16. The molecule has 2 N–H and O–H groups in total. The Balaban J connectivity index is 2.41. The summed E-state index contributed by atoms with van der Waals surface area (Å²) in [5, 5.41) is 12.6. The Labute approximate surface area is 113 Å². The molecule has 102 valence electrons. The molecule has 0 aliphatic heterocycles. The Bertz CT molecular complexity index is 382. The first kappa shape index (κ1) is 15.4. The van der Waals surface area contributed by atoms with Gasteiger partial charge >= 0.3 is 0 Å². The van der Waals surface area contributed by atoms with E-state index in [1.165, 1.54) is 12.1 Å². The summed E-state index contributed by atoms with van der Waals surface area (Å²) >= 11 is 5.95. The average Bonchev–Trinajstić information content (AvgIpc) is 2.29. The van der Waals surface area contributed by atoms with Crippen LogP contribution in [-0.4, -0.2) is 18.3 Å². The zero-order chi connectivity index (χ0) is 13.6. The van der Waals surface area contributed by atoms with Crippen molar-refractivity contribution in [1.82, 2.24) is 5.32 Å². The number of benzene rings is 1. The minimum atomic E-state index is -0.313. The summed E-state index contributed by atoms with van der Waals surface area (Å²) in [5.41, 5.74) is 1.03. The van der Waals surface area contributed by atoms with Crippen molar-refractivity contribution in [3.8, 4) is 0 Å². The maximum atomic E-state index is 12.9. The van der Waals surface area contributed by atoms with Gasteiger partial charge in [0, 0.05) is 24.7 Å². The van der Waals surface area contributed by atoms with Crippen LogP contribution in [0.2, 0.25) is 5.02 Å². The topological polar surface area (TPSA) is 32.3 Å². The molecular formula is C14H21ClFNO. The molecule has 0 atom stereocenters. The van der Waals surface area contributed by atoms with E-state index >= 15 is 0 Å². The van der Waals surface area contributed by atoms with Crippen molar-refractivity contribution in [2.45, 2.75) is 33.2 Å². The molecule has 1 aromatic rings. The zero-order valence-electron chi connectivity index (χ0n) is 11.0. The van der Waals surface area contributed by atoms with Crippen LogP contribution in [0.1, 0.15) is 32.3 Å². The van der Waals surface area contributed by atoms with Gasteiger partial charge in [0.2, 0.25) is 0 Å². The van der Waals surface area contributed by atoms with Crippen molar-refractivity contribution < 1.29 is 9.50 Å². The van der Waals surface area contributed by atoms with E-state index < -0.39 is 0 Å². The van der Waals surface area contributed by atoms with Gasteiger partial charge in [-0.1, -0.05) is 31.5 Å². The number of rotatable bonds is 7. The molecule has 18 heavy (non-hydrogen) atoms. The summed E-state index contributed by atoms with van der Waals surface area (Å²) in [6.07, 6.45) is 1.78. The first-order chi connectivity index (χ1) is 8.44. The SMILES string of the molecule is CC(C)(CCCO)CNCc1ccc(F)cc1Cl. The van der Waals surface area contributed by atoms with Gasteiger partial charge in [-0.15, -0.1) is 0 Å². The second kappa shape index (κ2) is 7.07. The third kappa shape index (κ3) is 5.34. The van der Waals surface area contributed by atoms with Gasteiger partial charge in [0.25, 0.3) is 0 Å². The Hall–Kier alpha value is -0.640. The minimum Gasteiger partial charge on any atom is -0.396 e. The van der Waals surface area contributed by atoms with Gasteiger partial charge in [-0.3, -0.25) is 0 Å². The number of hydrogen-bond donors (Lipinski definition) is 2. The van der Waals surface area contributed by atoms with E-state index in [1.54, 1.807) is 6.07 Å². The van der Waals surface area contributed by atoms with Crippen LogP contribution < -0.4 is 5.32 Å². The second-order valence-electron chi connectivity index (χ2n) is 5.33. The fourth-order valence-electron chi connectivity index (χ4n) is 1.85. The van der Waals surface area contributed by atoms with E-state index in [-0.39, 0.29) is 17.8 Å². The summed E-state index contributed by atoms with van der Waals surface area (Å²) < 4.78 is 12.9. The van der Waals surface area contributed by atoms with E-state index in [4.69, 9.17) is 16.7 Å². The van der Waals surface area contributed by atoms with Crippen molar-refractivity contribution in [2.24, 2.45) is 5.41 Å². The average molecular weight is 274 g/mol. The first-order valence-corrected chi connectivity index (χ1v) is 6.58. The maximum Gasteiger partial charge on any atom is 0.124 e. The van der Waals surface area contributed by atoms with Crippen molar-refractivity contribution in [1.29, 1.82) is 0 Å². The molecule has 0 bridgehead atoms. The van der Waals surface area contributed by atoms with Crippen LogP contribution in [0.5, 0.6) is 0 Å². The van der Waals surface area contributed by atoms with Gasteiger partial charge in [-0.2, -0.15) is 0 Å². The highest BCUT2D eigenvalue weighted by Crippen LogP contribution is 2.22. The molecule has 4 heteroatoms. The molecule has 0 aliphatic carbocycles. The predicted octanol–water partition coefficient (Wildman–Crippen LogP) is 3.37. The molecule has 0 spiro atoms. The number of nitrogens with one attached hydrogen (secondary N) is 1. The largest absolute Gasteiger partial charge is 0.396 e. The van der Waals surface area contributed by atoms with Crippen LogP contribution in [-0.2, 0) is 6.54 Å². The zero-order valence-corrected chi connectivity index (χ0v) is 11.7. The minimum absolute atomic E-state index is 0.134. The van der Waals surface area contributed by atoms with E-state index in [2.05, 4.69) is 19.2 Å². The first-order valence-electron chi connectivity index (χ1n) is 6.20. The van der Waals surface area contributed by atoms with Crippen LogP contribution in [0.25, 0.3) is 0 Å². The van der Waals surface area contributed by atoms with Crippen molar-refractivity contribution >= 4 is 11.6 Å². The predicted molar refractivity (Wildman–Crippen MR) is 73.2 cm³/mol. The molecule has 0 fully saturated rings. The molecule has 2 nitrogen and oxygen atoms in total. The molecular weight excluding hydrogens is 253 g/mol. The summed E-state index contributed by atoms with van der Waals surface area (Å²) in [6.45, 7) is 6.00. The summed E-state index contributed by atoms with van der Waals surface area (Å²) in [7, 11) is 0. The van der Waals surface area contributed by atoms with E-state index in [9.17, 15) is 4.39 Å². The van der Waals surface area contributed by atoms with Crippen LogP contribution in [0.4, 0.5) is 4.39 Å². The Morgan fingerprint density at radius 2 is 2.11 bits per heavy atom. The molecule has 0 radical (unpaired) electrons. The lowest BCUT2D eigenvalue weighted by Gasteiger charge is -2.24.